The van der Waals surface area contributed by atoms with Crippen molar-refractivity contribution in [2.75, 3.05) is 33.2 Å². The first kappa shape index (κ1) is 24.7. The molecule has 11 heteroatoms. The number of fused-ring (bicyclic) bond motifs is 1. The molecule has 3 aromatic heterocycles. The molecule has 1 amide bonds. The second-order valence-electron chi connectivity index (χ2n) is 8.02. The van der Waals surface area contributed by atoms with Gasteiger partial charge in [-0.1, -0.05) is 19.9 Å². The molecule has 7 nitrogen and oxygen atoms in total. The lowest BCUT2D eigenvalue weighted by Gasteiger charge is -2.32. The SMILES string of the molecule is CC(C)c1nc(-c2cc(C(=O)N3CCN(C)CC3)c3ccccn23)cs1.O=C(O)C(F)(F)F. The van der Waals surface area contributed by atoms with E-state index in [1.165, 1.54) is 0 Å². The molecule has 0 bridgehead atoms. The molecule has 4 rings (SSSR count). The quantitative estimate of drug-likeness (QED) is 0.605. The number of carboxylic acid groups (broad SMARTS) is 1. The normalized spacial score (nSPS) is 14.9. The molecule has 1 aliphatic heterocycles. The van der Waals surface area contributed by atoms with E-state index in [0.717, 1.165) is 53.7 Å². The molecule has 0 unspecified atom stereocenters. The van der Waals surface area contributed by atoms with Crippen molar-refractivity contribution in [1.29, 1.82) is 0 Å². The van der Waals surface area contributed by atoms with Crippen LogP contribution in [0.3, 0.4) is 0 Å². The predicted octanol–water partition coefficient (Wildman–Crippen LogP) is 4.21. The standard InChI is InChI=1S/C20H24N4OS.C2HF3O2/c1-14(2)19-21-16(13-26-19)18-12-15(17-6-4-5-7-24(17)18)20(25)23-10-8-22(3)9-11-23;3-2(4,5)1(6)7/h4-7,12-14H,8-11H2,1-3H3;(H,6,7). The lowest BCUT2D eigenvalue weighted by atomic mass is 10.2. The van der Waals surface area contributed by atoms with Crippen molar-refractivity contribution < 1.29 is 27.9 Å². The van der Waals surface area contributed by atoms with Gasteiger partial charge in [0.2, 0.25) is 0 Å². The Kier molecular flexibility index (Phi) is 7.43. The number of hydrogen-bond acceptors (Lipinski definition) is 5. The predicted molar refractivity (Wildman–Crippen MR) is 120 cm³/mol. The van der Waals surface area contributed by atoms with Crippen molar-refractivity contribution in [1.82, 2.24) is 19.2 Å². The van der Waals surface area contributed by atoms with E-state index in [1.54, 1.807) is 11.3 Å². The van der Waals surface area contributed by atoms with Gasteiger partial charge in [-0.15, -0.1) is 11.3 Å². The third-order valence-corrected chi connectivity index (χ3v) is 6.36. The number of rotatable bonds is 3. The van der Waals surface area contributed by atoms with Gasteiger partial charge in [0.15, 0.2) is 0 Å². The maximum Gasteiger partial charge on any atom is 0.490 e. The fourth-order valence-corrected chi connectivity index (χ4v) is 4.20. The van der Waals surface area contributed by atoms with Gasteiger partial charge < -0.3 is 19.3 Å². The number of carbonyl (C=O) groups is 2. The minimum atomic E-state index is -5.08. The largest absolute Gasteiger partial charge is 0.490 e. The Morgan fingerprint density at radius 3 is 2.33 bits per heavy atom. The highest BCUT2D eigenvalue weighted by molar-refractivity contribution is 7.10. The van der Waals surface area contributed by atoms with Gasteiger partial charge in [-0.3, -0.25) is 4.79 Å². The van der Waals surface area contributed by atoms with Crippen molar-refractivity contribution >= 4 is 28.7 Å². The fraction of sp³-hybridized carbons (Fsp3) is 0.409. The van der Waals surface area contributed by atoms with E-state index >= 15 is 0 Å². The molecule has 4 heterocycles. The molecule has 1 fully saturated rings. The minimum Gasteiger partial charge on any atom is -0.475 e. The van der Waals surface area contributed by atoms with Crippen LogP contribution in [-0.2, 0) is 4.79 Å². The number of piperazine rings is 1. The van der Waals surface area contributed by atoms with Crippen LogP contribution in [0.1, 0.15) is 35.1 Å². The van der Waals surface area contributed by atoms with E-state index in [1.807, 2.05) is 35.4 Å². The van der Waals surface area contributed by atoms with Gasteiger partial charge in [0.05, 0.1) is 27.5 Å². The molecule has 3 aromatic rings. The highest BCUT2D eigenvalue weighted by Gasteiger charge is 2.38. The second-order valence-corrected chi connectivity index (χ2v) is 8.91. The van der Waals surface area contributed by atoms with Crippen LogP contribution < -0.4 is 0 Å². The summed E-state index contributed by atoms with van der Waals surface area (Å²) in [6.45, 7) is 7.72. The molecule has 0 radical (unpaired) electrons. The van der Waals surface area contributed by atoms with Crippen molar-refractivity contribution in [3.63, 3.8) is 0 Å². The van der Waals surface area contributed by atoms with Crippen LogP contribution in [-0.4, -0.2) is 75.6 Å². The van der Waals surface area contributed by atoms with Gasteiger partial charge in [-0.25, -0.2) is 9.78 Å². The summed E-state index contributed by atoms with van der Waals surface area (Å²) in [4.78, 5) is 31.1. The average Bonchev–Trinajstić information content (AvgIpc) is 3.39. The van der Waals surface area contributed by atoms with Gasteiger partial charge in [0, 0.05) is 43.7 Å². The zero-order chi connectivity index (χ0) is 24.3. The summed E-state index contributed by atoms with van der Waals surface area (Å²) < 4.78 is 33.8. The highest BCUT2D eigenvalue weighted by Crippen LogP contribution is 2.30. The number of nitrogens with zero attached hydrogens (tertiary/aromatic N) is 4. The Labute approximate surface area is 193 Å². The summed E-state index contributed by atoms with van der Waals surface area (Å²) in [5.41, 5.74) is 3.65. The zero-order valence-corrected chi connectivity index (χ0v) is 19.3. The Hall–Kier alpha value is -2.92. The Morgan fingerprint density at radius 2 is 1.79 bits per heavy atom. The van der Waals surface area contributed by atoms with E-state index in [9.17, 15) is 18.0 Å². The highest BCUT2D eigenvalue weighted by atomic mass is 32.1. The van der Waals surface area contributed by atoms with Gasteiger partial charge in [0.1, 0.15) is 0 Å². The molecule has 1 aliphatic rings. The number of alkyl halides is 3. The van der Waals surface area contributed by atoms with Gasteiger partial charge in [-0.2, -0.15) is 13.2 Å². The first-order valence-corrected chi connectivity index (χ1v) is 11.2. The number of pyridine rings is 1. The summed E-state index contributed by atoms with van der Waals surface area (Å²) in [6, 6.07) is 8.01. The number of aliphatic carboxylic acids is 1. The average molecular weight is 483 g/mol. The molecule has 0 atom stereocenters. The Morgan fingerprint density at radius 1 is 1.15 bits per heavy atom. The Balaban J connectivity index is 0.000000383. The summed E-state index contributed by atoms with van der Waals surface area (Å²) in [5, 5.41) is 10.3. The third kappa shape index (κ3) is 5.72. The van der Waals surface area contributed by atoms with E-state index in [4.69, 9.17) is 14.9 Å². The Bertz CT molecular complexity index is 1130. The van der Waals surface area contributed by atoms with Crippen LogP contribution in [0.25, 0.3) is 16.9 Å². The van der Waals surface area contributed by atoms with Crippen LogP contribution in [0.5, 0.6) is 0 Å². The lowest BCUT2D eigenvalue weighted by molar-refractivity contribution is -0.192. The smallest absolute Gasteiger partial charge is 0.475 e. The number of hydrogen-bond donors (Lipinski definition) is 1. The molecule has 178 valence electrons. The number of carbonyl (C=O) groups excluding carboxylic acids is 1. The maximum atomic E-state index is 13.2. The first-order chi connectivity index (χ1) is 15.5. The molecule has 0 saturated carbocycles. The zero-order valence-electron chi connectivity index (χ0n) is 18.5. The number of halogens is 3. The summed E-state index contributed by atoms with van der Waals surface area (Å²) in [6.07, 6.45) is -3.07. The van der Waals surface area contributed by atoms with Crippen LogP contribution in [0.4, 0.5) is 13.2 Å². The fourth-order valence-electron chi connectivity index (χ4n) is 3.37. The maximum absolute atomic E-state index is 13.2. The molecule has 1 saturated heterocycles. The summed E-state index contributed by atoms with van der Waals surface area (Å²) in [5.74, 6) is -2.23. The van der Waals surface area contributed by atoms with E-state index < -0.39 is 12.1 Å². The van der Waals surface area contributed by atoms with Crippen LogP contribution in [0, 0.1) is 0 Å². The van der Waals surface area contributed by atoms with E-state index in [-0.39, 0.29) is 5.91 Å². The van der Waals surface area contributed by atoms with Crippen LogP contribution >= 0.6 is 11.3 Å². The molecule has 1 N–H and O–H groups in total. The molecule has 0 spiro atoms. The summed E-state index contributed by atoms with van der Waals surface area (Å²) in [7, 11) is 2.10. The number of likely N-dealkylation sites (N-methyl/N-ethyl adjacent to an activating group) is 1. The van der Waals surface area contributed by atoms with Gasteiger partial charge >= 0.3 is 12.1 Å². The second kappa shape index (κ2) is 9.92. The first-order valence-electron chi connectivity index (χ1n) is 10.3. The molecule has 0 aromatic carbocycles. The van der Waals surface area contributed by atoms with Crippen molar-refractivity contribution in [2.45, 2.75) is 25.9 Å². The van der Waals surface area contributed by atoms with Crippen LogP contribution in [0.2, 0.25) is 0 Å². The third-order valence-electron chi connectivity index (χ3n) is 5.22. The van der Waals surface area contributed by atoms with Crippen molar-refractivity contribution in [3.8, 4) is 11.4 Å². The van der Waals surface area contributed by atoms with Crippen molar-refractivity contribution in [3.05, 3.63) is 46.4 Å². The van der Waals surface area contributed by atoms with E-state index in [2.05, 4.69) is 35.6 Å². The van der Waals surface area contributed by atoms with E-state index in [0.29, 0.717) is 5.92 Å². The topological polar surface area (TPSA) is 78.2 Å². The van der Waals surface area contributed by atoms with Gasteiger partial charge in [0.25, 0.3) is 5.91 Å². The monoisotopic (exact) mass is 482 g/mol. The van der Waals surface area contributed by atoms with Crippen LogP contribution in [0.15, 0.2) is 35.8 Å². The minimum absolute atomic E-state index is 0.118. The summed E-state index contributed by atoms with van der Waals surface area (Å²) >= 11 is 1.68. The number of carboxylic acids is 1. The molecule has 33 heavy (non-hydrogen) atoms. The number of amides is 1. The lowest BCUT2D eigenvalue weighted by Crippen LogP contribution is -2.47. The van der Waals surface area contributed by atoms with Gasteiger partial charge in [-0.05, 0) is 25.2 Å². The molecular formula is C22H25F3N4O3S. The van der Waals surface area contributed by atoms with Crippen molar-refractivity contribution in [2.24, 2.45) is 0 Å². The number of thiazole rings is 1. The molecule has 0 aliphatic carbocycles. The number of aromatic nitrogens is 2. The molecular weight excluding hydrogens is 457 g/mol.